The number of aryl methyl sites for hydroxylation is 1. The van der Waals surface area contributed by atoms with Crippen LogP contribution in [0.15, 0.2) is 36.7 Å². The molecule has 0 spiro atoms. The summed E-state index contributed by atoms with van der Waals surface area (Å²) in [4.78, 5) is 20.4. The summed E-state index contributed by atoms with van der Waals surface area (Å²) in [6, 6.07) is 7.77. The van der Waals surface area contributed by atoms with Crippen LogP contribution in [0.4, 0.5) is 17.5 Å². The fourth-order valence-corrected chi connectivity index (χ4v) is 2.88. The molecule has 6 N–H and O–H groups in total. The van der Waals surface area contributed by atoms with Gasteiger partial charge in [0.15, 0.2) is 0 Å². The highest BCUT2D eigenvalue weighted by Crippen LogP contribution is 2.27. The first-order valence-electron chi connectivity index (χ1n) is 8.96. The highest BCUT2D eigenvalue weighted by molar-refractivity contribution is 6.00. The van der Waals surface area contributed by atoms with Gasteiger partial charge in [-0.2, -0.15) is 4.98 Å². The maximum absolute atomic E-state index is 11.8. The van der Waals surface area contributed by atoms with Crippen molar-refractivity contribution in [2.45, 2.75) is 12.5 Å². The summed E-state index contributed by atoms with van der Waals surface area (Å²) < 4.78 is 7.04. The van der Waals surface area contributed by atoms with Crippen LogP contribution in [0.3, 0.4) is 0 Å². The van der Waals surface area contributed by atoms with Crippen molar-refractivity contribution in [2.75, 3.05) is 30.9 Å². The number of aromatic nitrogens is 3. The van der Waals surface area contributed by atoms with E-state index < -0.39 is 5.91 Å². The standard InChI is InChI=1S/C19H25N7O2/c1-26-8-6-13-15(4-3-5-16(13)26)24-18-14(17(21)27)11-23-19(25-18)22-10-12(20)7-9-28-2/h3-6,8,11-12H,7,9-10,20H2,1-2H3,(H2,21,27)(H2,22,23,24,25)/t12-/m0/s1. The van der Waals surface area contributed by atoms with E-state index in [2.05, 4.69) is 20.6 Å². The van der Waals surface area contributed by atoms with Crippen LogP contribution in [-0.4, -0.2) is 46.7 Å². The second-order valence-corrected chi connectivity index (χ2v) is 6.53. The number of carbonyl (C=O) groups is 1. The Labute approximate surface area is 163 Å². The van der Waals surface area contributed by atoms with Gasteiger partial charge in [0.25, 0.3) is 5.91 Å². The van der Waals surface area contributed by atoms with Crippen molar-refractivity contribution in [1.29, 1.82) is 0 Å². The summed E-state index contributed by atoms with van der Waals surface area (Å²) in [6.45, 7) is 1.06. The fraction of sp³-hybridized carbons (Fsp3) is 0.316. The average molecular weight is 383 g/mol. The molecule has 0 aliphatic rings. The number of amides is 1. The van der Waals surface area contributed by atoms with E-state index in [9.17, 15) is 4.79 Å². The zero-order valence-electron chi connectivity index (χ0n) is 16.0. The molecule has 148 valence electrons. The van der Waals surface area contributed by atoms with E-state index >= 15 is 0 Å². The highest BCUT2D eigenvalue weighted by atomic mass is 16.5. The lowest BCUT2D eigenvalue weighted by atomic mass is 10.2. The molecule has 9 nitrogen and oxygen atoms in total. The second-order valence-electron chi connectivity index (χ2n) is 6.53. The number of nitrogens with two attached hydrogens (primary N) is 2. The number of carbonyl (C=O) groups excluding carboxylic acids is 1. The van der Waals surface area contributed by atoms with Gasteiger partial charge < -0.3 is 31.4 Å². The summed E-state index contributed by atoms with van der Waals surface area (Å²) in [6.07, 6.45) is 4.09. The van der Waals surface area contributed by atoms with Crippen LogP contribution >= 0.6 is 0 Å². The van der Waals surface area contributed by atoms with Gasteiger partial charge in [0, 0.05) is 62.3 Å². The lowest BCUT2D eigenvalue weighted by molar-refractivity contribution is 0.100. The minimum atomic E-state index is -0.605. The summed E-state index contributed by atoms with van der Waals surface area (Å²) in [5, 5.41) is 7.31. The van der Waals surface area contributed by atoms with Gasteiger partial charge in [-0.15, -0.1) is 0 Å². The zero-order chi connectivity index (χ0) is 20.1. The molecule has 2 aromatic heterocycles. The number of hydrogen-bond acceptors (Lipinski definition) is 7. The molecular weight excluding hydrogens is 358 g/mol. The van der Waals surface area contributed by atoms with Crippen LogP contribution in [0.5, 0.6) is 0 Å². The Kier molecular flexibility index (Phi) is 6.07. The Bertz CT molecular complexity index is 970. The van der Waals surface area contributed by atoms with E-state index in [1.807, 2.05) is 42.1 Å². The minimum absolute atomic E-state index is 0.103. The van der Waals surface area contributed by atoms with Crippen LogP contribution in [-0.2, 0) is 11.8 Å². The Morgan fingerprint density at radius 3 is 2.93 bits per heavy atom. The number of nitrogens with zero attached hydrogens (tertiary/aromatic N) is 3. The molecule has 3 rings (SSSR count). The number of rotatable bonds is 9. The van der Waals surface area contributed by atoms with E-state index in [1.165, 1.54) is 6.20 Å². The number of benzene rings is 1. The van der Waals surface area contributed by atoms with Gasteiger partial charge in [0.1, 0.15) is 11.4 Å². The summed E-state index contributed by atoms with van der Waals surface area (Å²) in [5.74, 6) is 0.0958. The molecule has 28 heavy (non-hydrogen) atoms. The number of fused-ring (bicyclic) bond motifs is 1. The normalized spacial score (nSPS) is 12.1. The molecule has 1 atom stereocenters. The molecule has 0 unspecified atom stereocenters. The molecule has 0 saturated carbocycles. The fourth-order valence-electron chi connectivity index (χ4n) is 2.88. The van der Waals surface area contributed by atoms with Crippen molar-refractivity contribution < 1.29 is 9.53 Å². The Hall–Kier alpha value is -3.17. The molecule has 1 aromatic carbocycles. The van der Waals surface area contributed by atoms with Gasteiger partial charge in [-0.25, -0.2) is 4.98 Å². The lowest BCUT2D eigenvalue weighted by Gasteiger charge is -2.14. The van der Waals surface area contributed by atoms with Gasteiger partial charge in [-0.05, 0) is 24.6 Å². The molecule has 2 heterocycles. The number of anilines is 3. The third-order valence-corrected chi connectivity index (χ3v) is 4.45. The summed E-state index contributed by atoms with van der Waals surface area (Å²) in [5.41, 5.74) is 13.6. The van der Waals surface area contributed by atoms with Crippen LogP contribution in [0.25, 0.3) is 10.9 Å². The number of nitrogens with one attached hydrogen (secondary N) is 2. The Morgan fingerprint density at radius 1 is 1.36 bits per heavy atom. The molecule has 0 aliphatic heterocycles. The summed E-state index contributed by atoms with van der Waals surface area (Å²) in [7, 11) is 3.61. The van der Waals surface area contributed by atoms with Crippen LogP contribution in [0.2, 0.25) is 0 Å². The minimum Gasteiger partial charge on any atom is -0.385 e. The lowest BCUT2D eigenvalue weighted by Crippen LogP contribution is -2.30. The largest absolute Gasteiger partial charge is 0.385 e. The van der Waals surface area contributed by atoms with E-state index in [1.54, 1.807) is 7.11 Å². The van der Waals surface area contributed by atoms with Crippen molar-refractivity contribution in [2.24, 2.45) is 18.5 Å². The average Bonchev–Trinajstić information content (AvgIpc) is 3.07. The molecule has 0 saturated heterocycles. The van der Waals surface area contributed by atoms with E-state index in [4.69, 9.17) is 16.2 Å². The number of primary amides is 1. The number of ether oxygens (including phenoxy) is 1. The predicted molar refractivity (Wildman–Crippen MR) is 110 cm³/mol. The van der Waals surface area contributed by atoms with Gasteiger partial charge in [-0.3, -0.25) is 4.79 Å². The van der Waals surface area contributed by atoms with Crippen LogP contribution < -0.4 is 22.1 Å². The Morgan fingerprint density at radius 2 is 2.18 bits per heavy atom. The van der Waals surface area contributed by atoms with Crippen molar-refractivity contribution in [3.05, 3.63) is 42.2 Å². The first-order valence-corrected chi connectivity index (χ1v) is 8.96. The van der Waals surface area contributed by atoms with Crippen molar-refractivity contribution in [1.82, 2.24) is 14.5 Å². The van der Waals surface area contributed by atoms with E-state index in [0.717, 1.165) is 16.6 Å². The van der Waals surface area contributed by atoms with Crippen LogP contribution in [0, 0.1) is 0 Å². The molecule has 0 fully saturated rings. The molecule has 0 radical (unpaired) electrons. The predicted octanol–water partition coefficient (Wildman–Crippen LogP) is 1.59. The molecular formula is C19H25N7O2. The highest BCUT2D eigenvalue weighted by Gasteiger charge is 2.14. The third-order valence-electron chi connectivity index (χ3n) is 4.45. The van der Waals surface area contributed by atoms with Crippen molar-refractivity contribution in [3.63, 3.8) is 0 Å². The van der Waals surface area contributed by atoms with Gasteiger partial charge in [0.05, 0.1) is 0 Å². The number of hydrogen-bond donors (Lipinski definition) is 4. The first kappa shape index (κ1) is 19.6. The van der Waals surface area contributed by atoms with Crippen molar-refractivity contribution >= 4 is 34.3 Å². The van der Waals surface area contributed by atoms with Crippen molar-refractivity contribution in [3.8, 4) is 0 Å². The smallest absolute Gasteiger partial charge is 0.254 e. The monoisotopic (exact) mass is 383 g/mol. The Balaban J connectivity index is 1.84. The molecule has 1 amide bonds. The van der Waals surface area contributed by atoms with Gasteiger partial charge in [0.2, 0.25) is 5.95 Å². The maximum Gasteiger partial charge on any atom is 0.254 e. The number of methoxy groups -OCH3 is 1. The quantitative estimate of drug-likeness (QED) is 0.441. The SMILES string of the molecule is COCC[C@H](N)CNc1ncc(C(N)=O)c(Nc2cccc3c2ccn3C)n1. The van der Waals surface area contributed by atoms with Gasteiger partial charge >= 0.3 is 0 Å². The van der Waals surface area contributed by atoms with E-state index in [-0.39, 0.29) is 11.6 Å². The second kappa shape index (κ2) is 8.68. The van der Waals surface area contributed by atoms with E-state index in [0.29, 0.717) is 31.3 Å². The van der Waals surface area contributed by atoms with Crippen LogP contribution in [0.1, 0.15) is 16.8 Å². The molecule has 3 aromatic rings. The molecule has 9 heteroatoms. The summed E-state index contributed by atoms with van der Waals surface area (Å²) >= 11 is 0. The maximum atomic E-state index is 11.8. The van der Waals surface area contributed by atoms with Gasteiger partial charge in [-0.1, -0.05) is 6.07 Å². The third kappa shape index (κ3) is 4.38. The molecule has 0 aliphatic carbocycles. The first-order chi connectivity index (χ1) is 13.5. The zero-order valence-corrected chi connectivity index (χ0v) is 16.0. The topological polar surface area (TPSA) is 133 Å². The molecule has 0 bridgehead atoms.